The van der Waals surface area contributed by atoms with Crippen molar-refractivity contribution in [1.29, 1.82) is 0 Å². The summed E-state index contributed by atoms with van der Waals surface area (Å²) in [5, 5.41) is 0. The Morgan fingerprint density at radius 2 is 0.476 bits per heavy atom. The average Bonchev–Trinajstić information content (AvgIpc) is 3.47. The standard InChI is InChI=1S/C76H124O6/c1-4-7-10-13-16-19-22-25-28-30-31-32-33-34-35-36-37-38-39-40-41-42-43-44-45-47-48-51-54-57-60-63-66-69-75(78)81-72-73(71-80-74(77)68-65-62-59-56-53-50-27-24-21-18-15-12-9-6-3)82-76(79)70-67-64-61-58-55-52-49-46-29-26-23-20-17-14-11-8-5-2/h7-8,10-11,16-17,19-20,24-29,31-32,34-35,37-38,40-41,43-44,73H,4-6,9,12-15,18,21-23,30,33,36,39,42,45-72H2,1-3H3/b10-7-,11-8-,19-16-,20-17-,27-24-,28-25-,29-26-,32-31-,35-34-,38-37-,41-40-,44-43-. The maximum absolute atomic E-state index is 12.9. The van der Waals surface area contributed by atoms with Crippen LogP contribution in [-0.4, -0.2) is 37.2 Å². The number of allylic oxidation sites excluding steroid dienone is 24. The second-order valence-corrected chi connectivity index (χ2v) is 22.0. The summed E-state index contributed by atoms with van der Waals surface area (Å²) in [6.45, 7) is 6.39. The zero-order valence-corrected chi connectivity index (χ0v) is 53.2. The number of unbranched alkanes of at least 4 members (excludes halogenated alkanes) is 25. The zero-order valence-electron chi connectivity index (χ0n) is 53.2. The van der Waals surface area contributed by atoms with E-state index in [9.17, 15) is 14.4 Å². The molecule has 0 aromatic rings. The fraction of sp³-hybridized carbons (Fsp3) is 0.645. The molecule has 0 spiro atoms. The van der Waals surface area contributed by atoms with Crippen molar-refractivity contribution in [3.63, 3.8) is 0 Å². The van der Waals surface area contributed by atoms with Gasteiger partial charge in [-0.05, 0) is 141 Å². The molecular weight excluding hydrogens is 1010 g/mol. The normalized spacial score (nSPS) is 13.1. The van der Waals surface area contributed by atoms with E-state index in [-0.39, 0.29) is 31.1 Å². The van der Waals surface area contributed by atoms with Gasteiger partial charge >= 0.3 is 17.9 Å². The van der Waals surface area contributed by atoms with E-state index in [0.717, 1.165) is 148 Å². The van der Waals surface area contributed by atoms with Crippen LogP contribution >= 0.6 is 0 Å². The maximum Gasteiger partial charge on any atom is 0.306 e. The summed E-state index contributed by atoms with van der Waals surface area (Å²) in [4.78, 5) is 38.4. The van der Waals surface area contributed by atoms with E-state index in [1.165, 1.54) is 109 Å². The molecule has 6 heteroatoms. The predicted molar refractivity (Wildman–Crippen MR) is 357 cm³/mol. The fourth-order valence-corrected chi connectivity index (χ4v) is 9.06. The van der Waals surface area contributed by atoms with E-state index in [0.29, 0.717) is 19.3 Å². The van der Waals surface area contributed by atoms with E-state index in [2.05, 4.69) is 167 Å². The van der Waals surface area contributed by atoms with Gasteiger partial charge in [0.05, 0.1) is 0 Å². The highest BCUT2D eigenvalue weighted by Crippen LogP contribution is 2.15. The molecule has 0 aliphatic rings. The van der Waals surface area contributed by atoms with Crippen LogP contribution in [0.3, 0.4) is 0 Å². The molecule has 464 valence electrons. The molecule has 82 heavy (non-hydrogen) atoms. The minimum Gasteiger partial charge on any atom is -0.462 e. The molecule has 0 saturated carbocycles. The number of rotatable bonds is 60. The first kappa shape index (κ1) is 77.3. The summed E-state index contributed by atoms with van der Waals surface area (Å²) >= 11 is 0. The Morgan fingerprint density at radius 1 is 0.256 bits per heavy atom. The number of carbonyl (C=O) groups excluding carboxylic acids is 3. The summed E-state index contributed by atoms with van der Waals surface area (Å²) in [6.07, 6.45) is 98.6. The van der Waals surface area contributed by atoms with Crippen LogP contribution in [0.2, 0.25) is 0 Å². The fourth-order valence-electron chi connectivity index (χ4n) is 9.06. The van der Waals surface area contributed by atoms with Gasteiger partial charge in [0.15, 0.2) is 6.10 Å². The van der Waals surface area contributed by atoms with E-state index in [1.54, 1.807) is 0 Å². The van der Waals surface area contributed by atoms with Crippen LogP contribution in [0.1, 0.15) is 297 Å². The van der Waals surface area contributed by atoms with Gasteiger partial charge in [-0.1, -0.05) is 282 Å². The van der Waals surface area contributed by atoms with Crippen molar-refractivity contribution < 1.29 is 28.6 Å². The predicted octanol–water partition coefficient (Wildman–Crippen LogP) is 23.5. The Balaban J connectivity index is 4.32. The van der Waals surface area contributed by atoms with Crippen LogP contribution in [0.4, 0.5) is 0 Å². The van der Waals surface area contributed by atoms with Crippen molar-refractivity contribution in [1.82, 2.24) is 0 Å². The molecule has 0 N–H and O–H groups in total. The Kier molecular flexibility index (Phi) is 64.8. The lowest BCUT2D eigenvalue weighted by Gasteiger charge is -2.18. The van der Waals surface area contributed by atoms with Crippen LogP contribution in [-0.2, 0) is 28.6 Å². The van der Waals surface area contributed by atoms with Crippen LogP contribution in [0.25, 0.3) is 0 Å². The molecule has 0 aromatic heterocycles. The molecule has 1 unspecified atom stereocenters. The topological polar surface area (TPSA) is 78.9 Å². The first-order valence-electron chi connectivity index (χ1n) is 33.8. The number of hydrogen-bond donors (Lipinski definition) is 0. The van der Waals surface area contributed by atoms with Gasteiger partial charge in [0, 0.05) is 19.3 Å². The van der Waals surface area contributed by atoms with Gasteiger partial charge in [-0.15, -0.1) is 0 Å². The van der Waals surface area contributed by atoms with Gasteiger partial charge in [0.2, 0.25) is 0 Å². The molecule has 0 aliphatic carbocycles. The zero-order chi connectivity index (χ0) is 59.2. The smallest absolute Gasteiger partial charge is 0.306 e. The molecule has 1 atom stereocenters. The van der Waals surface area contributed by atoms with Crippen molar-refractivity contribution in [2.75, 3.05) is 13.2 Å². The second kappa shape index (κ2) is 68.8. The van der Waals surface area contributed by atoms with Crippen molar-refractivity contribution in [3.8, 4) is 0 Å². The van der Waals surface area contributed by atoms with E-state index < -0.39 is 6.10 Å². The Hall–Kier alpha value is -4.71. The molecule has 0 bridgehead atoms. The molecule has 6 nitrogen and oxygen atoms in total. The molecular formula is C76H124O6. The number of hydrogen-bond acceptors (Lipinski definition) is 6. The maximum atomic E-state index is 12.9. The lowest BCUT2D eigenvalue weighted by atomic mass is 10.1. The second-order valence-electron chi connectivity index (χ2n) is 22.0. The first-order chi connectivity index (χ1) is 40.5. The molecule has 0 heterocycles. The third-order valence-electron chi connectivity index (χ3n) is 14.1. The van der Waals surface area contributed by atoms with Crippen LogP contribution in [0, 0.1) is 0 Å². The molecule has 0 rings (SSSR count). The SMILES string of the molecule is CC/C=C\C/C=C\C/C=C\C/C=C\C/C=C\C/C=C\C/C=C\C/C=C\CCCCCCCCCCC(=O)OCC(COC(=O)CCCCCCC/C=C\CCCCCCC)OC(=O)CCCCCCCCC/C=C\C/C=C\C/C=C\CC. The number of esters is 3. The third kappa shape index (κ3) is 66.1. The lowest BCUT2D eigenvalue weighted by molar-refractivity contribution is -0.167. The van der Waals surface area contributed by atoms with E-state index >= 15 is 0 Å². The summed E-state index contributed by atoms with van der Waals surface area (Å²) in [5.74, 6) is -0.915. The van der Waals surface area contributed by atoms with E-state index in [1.807, 2.05) is 0 Å². The third-order valence-corrected chi connectivity index (χ3v) is 14.1. The lowest BCUT2D eigenvalue weighted by Crippen LogP contribution is -2.30. The molecule has 0 fully saturated rings. The van der Waals surface area contributed by atoms with Crippen molar-refractivity contribution >= 4 is 17.9 Å². The van der Waals surface area contributed by atoms with Gasteiger partial charge < -0.3 is 14.2 Å². The van der Waals surface area contributed by atoms with E-state index in [4.69, 9.17) is 14.2 Å². The summed E-state index contributed by atoms with van der Waals surface area (Å²) in [7, 11) is 0. The van der Waals surface area contributed by atoms with Crippen LogP contribution in [0.5, 0.6) is 0 Å². The Morgan fingerprint density at radius 3 is 0.756 bits per heavy atom. The highest BCUT2D eigenvalue weighted by Gasteiger charge is 2.19. The van der Waals surface area contributed by atoms with Crippen molar-refractivity contribution in [2.24, 2.45) is 0 Å². The number of carbonyl (C=O) groups is 3. The Bertz CT molecular complexity index is 1780. The molecule has 0 aliphatic heterocycles. The monoisotopic (exact) mass is 1130 g/mol. The summed E-state index contributed by atoms with van der Waals surface area (Å²) in [6, 6.07) is 0. The summed E-state index contributed by atoms with van der Waals surface area (Å²) in [5.41, 5.74) is 0. The van der Waals surface area contributed by atoms with Crippen LogP contribution in [0.15, 0.2) is 146 Å². The van der Waals surface area contributed by atoms with Crippen molar-refractivity contribution in [2.45, 2.75) is 303 Å². The highest BCUT2D eigenvalue weighted by molar-refractivity contribution is 5.71. The van der Waals surface area contributed by atoms with Crippen molar-refractivity contribution in [3.05, 3.63) is 146 Å². The van der Waals surface area contributed by atoms with Gasteiger partial charge in [0.25, 0.3) is 0 Å². The van der Waals surface area contributed by atoms with Gasteiger partial charge in [-0.25, -0.2) is 0 Å². The van der Waals surface area contributed by atoms with Crippen LogP contribution < -0.4 is 0 Å². The molecule has 0 radical (unpaired) electrons. The quantitative estimate of drug-likeness (QED) is 0.0261. The highest BCUT2D eigenvalue weighted by atomic mass is 16.6. The Labute approximate surface area is 506 Å². The largest absolute Gasteiger partial charge is 0.462 e. The van der Waals surface area contributed by atoms with Gasteiger partial charge in [0.1, 0.15) is 13.2 Å². The minimum atomic E-state index is -0.797. The van der Waals surface area contributed by atoms with Gasteiger partial charge in [-0.3, -0.25) is 14.4 Å². The summed E-state index contributed by atoms with van der Waals surface area (Å²) < 4.78 is 16.9. The average molecular weight is 1130 g/mol. The first-order valence-corrected chi connectivity index (χ1v) is 33.8. The number of ether oxygens (including phenoxy) is 3. The molecule has 0 aromatic carbocycles. The molecule has 0 saturated heterocycles. The van der Waals surface area contributed by atoms with Gasteiger partial charge in [-0.2, -0.15) is 0 Å². The molecule has 0 amide bonds. The minimum absolute atomic E-state index is 0.0920.